The summed E-state index contributed by atoms with van der Waals surface area (Å²) in [7, 11) is 0. The highest BCUT2D eigenvalue weighted by molar-refractivity contribution is 5.93. The highest BCUT2D eigenvalue weighted by Crippen LogP contribution is 2.21. The van der Waals surface area contributed by atoms with Crippen LogP contribution < -0.4 is 0 Å². The van der Waals surface area contributed by atoms with Gasteiger partial charge in [0, 0.05) is 32.2 Å². The number of carbonyl (C=O) groups is 1. The molecule has 2 aliphatic rings. The number of unbranched alkanes of at least 4 members (excludes halogenated alkanes) is 1. The van der Waals surface area contributed by atoms with E-state index >= 15 is 0 Å². The third-order valence-electron chi connectivity index (χ3n) is 5.17. The summed E-state index contributed by atoms with van der Waals surface area (Å²) >= 11 is 0. The van der Waals surface area contributed by atoms with Crippen molar-refractivity contribution in [3.8, 4) is 0 Å². The molecule has 3 heterocycles. The van der Waals surface area contributed by atoms with E-state index in [1.54, 1.807) is 0 Å². The van der Waals surface area contributed by atoms with E-state index in [9.17, 15) is 4.79 Å². The smallest absolute Gasteiger partial charge is 0.275 e. The highest BCUT2D eigenvalue weighted by Gasteiger charge is 2.28. The second-order valence-corrected chi connectivity index (χ2v) is 7.26. The maximum absolute atomic E-state index is 12.9. The second kappa shape index (κ2) is 7.51. The fraction of sp³-hybridized carbons (Fsp3) is 0.684. The van der Waals surface area contributed by atoms with E-state index in [0.717, 1.165) is 45.3 Å². The summed E-state index contributed by atoms with van der Waals surface area (Å²) in [6.07, 6.45) is 8.74. The Morgan fingerprint density at radius 1 is 1.38 bits per heavy atom. The van der Waals surface area contributed by atoms with Crippen LogP contribution in [-0.4, -0.2) is 50.7 Å². The van der Waals surface area contributed by atoms with Crippen LogP contribution >= 0.6 is 0 Å². The molecule has 2 aliphatic heterocycles. The van der Waals surface area contributed by atoms with Gasteiger partial charge < -0.3 is 4.90 Å². The molecule has 1 amide bonds. The fourth-order valence-corrected chi connectivity index (χ4v) is 3.65. The molecule has 24 heavy (non-hydrogen) atoms. The number of hydrogen-bond donors (Lipinski definition) is 0. The average molecular weight is 330 g/mol. The van der Waals surface area contributed by atoms with Crippen LogP contribution in [0.25, 0.3) is 0 Å². The molecule has 0 fully saturated rings. The van der Waals surface area contributed by atoms with Gasteiger partial charge in [0.2, 0.25) is 0 Å². The van der Waals surface area contributed by atoms with Crippen LogP contribution in [0.4, 0.5) is 0 Å². The molecule has 0 N–H and O–H groups in total. The van der Waals surface area contributed by atoms with E-state index < -0.39 is 0 Å². The topological polar surface area (TPSA) is 41.4 Å². The Kier molecular flexibility index (Phi) is 5.39. The maximum Gasteiger partial charge on any atom is 0.275 e. The van der Waals surface area contributed by atoms with Gasteiger partial charge in [-0.15, -0.1) is 0 Å². The number of fused-ring (bicyclic) bond motifs is 1. The first kappa shape index (κ1) is 17.2. The van der Waals surface area contributed by atoms with E-state index in [0.29, 0.717) is 18.3 Å². The zero-order valence-electron chi connectivity index (χ0n) is 15.2. The van der Waals surface area contributed by atoms with Crippen molar-refractivity contribution in [3.63, 3.8) is 0 Å². The molecule has 0 bridgehead atoms. The second-order valence-electron chi connectivity index (χ2n) is 7.26. The Labute approximate surface area is 145 Å². The molecule has 0 saturated heterocycles. The van der Waals surface area contributed by atoms with Crippen molar-refractivity contribution in [2.75, 3.05) is 13.1 Å². The number of carbonyl (C=O) groups excluding carboxylic acids is 1. The van der Waals surface area contributed by atoms with Gasteiger partial charge in [0.1, 0.15) is 0 Å². The van der Waals surface area contributed by atoms with Gasteiger partial charge in [0.25, 0.3) is 5.91 Å². The average Bonchev–Trinajstić information content (AvgIpc) is 3.14. The molecule has 132 valence electrons. The molecule has 1 aromatic rings. The first-order valence-corrected chi connectivity index (χ1v) is 9.38. The molecule has 3 rings (SSSR count). The Bertz CT molecular complexity index is 605. The normalized spacial score (nSPS) is 21.3. The summed E-state index contributed by atoms with van der Waals surface area (Å²) in [5.74, 6) is 0.0813. The van der Waals surface area contributed by atoms with Crippen LogP contribution in [0.5, 0.6) is 0 Å². The molecular formula is C19H30N4O. The van der Waals surface area contributed by atoms with E-state index in [1.807, 2.05) is 15.6 Å². The largest absolute Gasteiger partial charge is 0.327 e. The lowest BCUT2D eigenvalue weighted by Crippen LogP contribution is -2.36. The zero-order valence-corrected chi connectivity index (χ0v) is 15.2. The van der Waals surface area contributed by atoms with Gasteiger partial charge in [0.15, 0.2) is 5.69 Å². The lowest BCUT2D eigenvalue weighted by molar-refractivity contribution is 0.0736. The minimum absolute atomic E-state index is 0.0813. The minimum Gasteiger partial charge on any atom is -0.327 e. The predicted molar refractivity (Wildman–Crippen MR) is 95.9 cm³/mol. The third-order valence-corrected chi connectivity index (χ3v) is 5.17. The molecule has 1 aromatic heterocycles. The van der Waals surface area contributed by atoms with Gasteiger partial charge in [-0.1, -0.05) is 31.9 Å². The van der Waals surface area contributed by atoms with Crippen molar-refractivity contribution in [2.45, 2.75) is 71.6 Å². The SMILES string of the molecule is CCCC[C@@H]1C=CCN1C(=O)c1cc2n(n1)CCCN(C(C)C)C2. The number of hydrogen-bond acceptors (Lipinski definition) is 3. The predicted octanol–water partition coefficient (Wildman–Crippen LogP) is 3.07. The Morgan fingerprint density at radius 3 is 2.96 bits per heavy atom. The summed E-state index contributed by atoms with van der Waals surface area (Å²) in [5, 5.41) is 4.63. The Hall–Kier alpha value is -1.62. The van der Waals surface area contributed by atoms with Crippen molar-refractivity contribution >= 4 is 5.91 Å². The van der Waals surface area contributed by atoms with Crippen LogP contribution in [0.2, 0.25) is 0 Å². The zero-order chi connectivity index (χ0) is 17.1. The Morgan fingerprint density at radius 2 is 2.21 bits per heavy atom. The number of aromatic nitrogens is 2. The van der Waals surface area contributed by atoms with Gasteiger partial charge >= 0.3 is 0 Å². The molecule has 0 aliphatic carbocycles. The van der Waals surface area contributed by atoms with E-state index in [1.165, 1.54) is 5.69 Å². The first-order valence-electron chi connectivity index (χ1n) is 9.38. The molecule has 0 unspecified atom stereocenters. The van der Waals surface area contributed by atoms with Crippen molar-refractivity contribution in [3.05, 3.63) is 29.6 Å². The van der Waals surface area contributed by atoms with Crippen LogP contribution in [0.3, 0.4) is 0 Å². The molecule has 5 nitrogen and oxygen atoms in total. The summed E-state index contributed by atoms with van der Waals surface area (Å²) in [4.78, 5) is 17.4. The standard InChI is InChI=1S/C19H30N4O/c1-4-5-8-16-9-6-11-22(16)19(24)18-13-17-14-21(15(2)3)10-7-12-23(17)20-18/h6,9,13,15-16H,4-5,7-8,10-12,14H2,1-3H3/t16-/m1/s1. The molecule has 0 radical (unpaired) electrons. The number of amides is 1. The van der Waals surface area contributed by atoms with Gasteiger partial charge in [-0.05, 0) is 32.8 Å². The monoisotopic (exact) mass is 330 g/mol. The van der Waals surface area contributed by atoms with Crippen molar-refractivity contribution in [1.82, 2.24) is 19.6 Å². The third kappa shape index (κ3) is 3.56. The van der Waals surface area contributed by atoms with Gasteiger partial charge in [-0.2, -0.15) is 5.10 Å². The van der Waals surface area contributed by atoms with Crippen molar-refractivity contribution < 1.29 is 4.79 Å². The summed E-state index contributed by atoms with van der Waals surface area (Å²) in [6.45, 7) is 10.3. The van der Waals surface area contributed by atoms with Gasteiger partial charge in [-0.25, -0.2) is 0 Å². The molecule has 0 saturated carbocycles. The van der Waals surface area contributed by atoms with Crippen molar-refractivity contribution in [1.29, 1.82) is 0 Å². The fourth-order valence-electron chi connectivity index (χ4n) is 3.65. The van der Waals surface area contributed by atoms with Gasteiger partial charge in [-0.3, -0.25) is 14.4 Å². The van der Waals surface area contributed by atoms with E-state index in [2.05, 4.69) is 42.9 Å². The van der Waals surface area contributed by atoms with E-state index in [-0.39, 0.29) is 11.9 Å². The minimum atomic E-state index is 0.0813. The molecule has 5 heteroatoms. The lowest BCUT2D eigenvalue weighted by Gasteiger charge is -2.24. The molecular weight excluding hydrogens is 300 g/mol. The quantitative estimate of drug-likeness (QED) is 0.779. The number of aryl methyl sites for hydroxylation is 1. The summed E-state index contributed by atoms with van der Waals surface area (Å²) in [6, 6.07) is 2.77. The number of nitrogens with zero attached hydrogens (tertiary/aromatic N) is 4. The first-order chi connectivity index (χ1) is 11.6. The van der Waals surface area contributed by atoms with Crippen LogP contribution in [0.15, 0.2) is 18.2 Å². The van der Waals surface area contributed by atoms with Gasteiger partial charge in [0.05, 0.1) is 11.7 Å². The maximum atomic E-state index is 12.9. The summed E-state index contributed by atoms with van der Waals surface area (Å²) < 4.78 is 2.04. The van der Waals surface area contributed by atoms with E-state index in [4.69, 9.17) is 0 Å². The molecule has 1 atom stereocenters. The number of rotatable bonds is 5. The highest BCUT2D eigenvalue weighted by atomic mass is 16.2. The van der Waals surface area contributed by atoms with Crippen LogP contribution in [0, 0.1) is 0 Å². The Balaban J connectivity index is 1.74. The van der Waals surface area contributed by atoms with Crippen LogP contribution in [-0.2, 0) is 13.1 Å². The molecule has 0 aromatic carbocycles. The lowest BCUT2D eigenvalue weighted by atomic mass is 10.1. The molecule has 0 spiro atoms. The summed E-state index contributed by atoms with van der Waals surface area (Å²) in [5.41, 5.74) is 1.78. The van der Waals surface area contributed by atoms with Crippen LogP contribution in [0.1, 0.15) is 62.6 Å². The van der Waals surface area contributed by atoms with Crippen molar-refractivity contribution in [2.24, 2.45) is 0 Å².